The summed E-state index contributed by atoms with van der Waals surface area (Å²) in [5, 5.41) is 6.14. The standard InChI is InChI=1S/C14H20N2O3S/c1-2-14(17)16-13-5-3-4-12(10-13)15-11-6-8-20(18,19)9-7-11/h3-5,10-11,15H,2,6-9H2,1H3,(H,16,17). The zero-order chi connectivity index (χ0) is 14.6. The largest absolute Gasteiger partial charge is 0.382 e. The summed E-state index contributed by atoms with van der Waals surface area (Å²) in [7, 11) is -2.83. The summed E-state index contributed by atoms with van der Waals surface area (Å²) in [6.07, 6.45) is 1.71. The van der Waals surface area contributed by atoms with Crippen LogP contribution in [0.3, 0.4) is 0 Å². The molecule has 0 aromatic heterocycles. The van der Waals surface area contributed by atoms with Crippen LogP contribution in [0.1, 0.15) is 26.2 Å². The lowest BCUT2D eigenvalue weighted by molar-refractivity contribution is -0.115. The van der Waals surface area contributed by atoms with Crippen molar-refractivity contribution in [3.8, 4) is 0 Å². The molecule has 1 aliphatic heterocycles. The van der Waals surface area contributed by atoms with E-state index in [0.29, 0.717) is 19.3 Å². The number of nitrogens with one attached hydrogen (secondary N) is 2. The van der Waals surface area contributed by atoms with Gasteiger partial charge in [0, 0.05) is 23.8 Å². The molecular formula is C14H20N2O3S. The van der Waals surface area contributed by atoms with Gasteiger partial charge in [-0.15, -0.1) is 0 Å². The third kappa shape index (κ3) is 4.23. The highest BCUT2D eigenvalue weighted by atomic mass is 32.2. The van der Waals surface area contributed by atoms with Crippen LogP contribution in [0.15, 0.2) is 24.3 Å². The number of carbonyl (C=O) groups is 1. The first-order chi connectivity index (χ1) is 9.48. The maximum atomic E-state index is 11.4. The van der Waals surface area contributed by atoms with Crippen molar-refractivity contribution in [2.75, 3.05) is 22.1 Å². The normalized spacial score (nSPS) is 18.4. The first-order valence-electron chi connectivity index (χ1n) is 6.85. The average molecular weight is 296 g/mol. The zero-order valence-electron chi connectivity index (χ0n) is 11.6. The molecule has 1 aromatic rings. The molecule has 1 amide bonds. The van der Waals surface area contributed by atoms with E-state index in [9.17, 15) is 13.2 Å². The number of carbonyl (C=O) groups excluding carboxylic acids is 1. The van der Waals surface area contributed by atoms with Crippen LogP contribution in [0.4, 0.5) is 11.4 Å². The zero-order valence-corrected chi connectivity index (χ0v) is 12.4. The number of hydrogen-bond donors (Lipinski definition) is 2. The van der Waals surface area contributed by atoms with Crippen LogP contribution in [-0.2, 0) is 14.6 Å². The first kappa shape index (κ1) is 14.8. The summed E-state index contributed by atoms with van der Waals surface area (Å²) in [5.74, 6) is 0.472. The smallest absolute Gasteiger partial charge is 0.224 e. The summed E-state index contributed by atoms with van der Waals surface area (Å²) >= 11 is 0. The van der Waals surface area contributed by atoms with Crippen LogP contribution in [0, 0.1) is 0 Å². The molecule has 1 aromatic carbocycles. The number of anilines is 2. The second kappa shape index (κ2) is 6.26. The van der Waals surface area contributed by atoms with Gasteiger partial charge >= 0.3 is 0 Å². The summed E-state index contributed by atoms with van der Waals surface area (Å²) < 4.78 is 22.8. The highest BCUT2D eigenvalue weighted by Gasteiger charge is 2.23. The molecule has 1 heterocycles. The van der Waals surface area contributed by atoms with Gasteiger partial charge < -0.3 is 10.6 Å². The van der Waals surface area contributed by atoms with Crippen molar-refractivity contribution in [2.45, 2.75) is 32.2 Å². The van der Waals surface area contributed by atoms with Gasteiger partial charge in [0.25, 0.3) is 0 Å². The number of benzene rings is 1. The van der Waals surface area contributed by atoms with E-state index in [1.807, 2.05) is 24.3 Å². The maximum Gasteiger partial charge on any atom is 0.224 e. The molecule has 0 unspecified atom stereocenters. The molecule has 5 nitrogen and oxygen atoms in total. The predicted octanol–water partition coefficient (Wildman–Crippen LogP) is 2.02. The van der Waals surface area contributed by atoms with Crippen molar-refractivity contribution in [3.05, 3.63) is 24.3 Å². The topological polar surface area (TPSA) is 75.3 Å². The van der Waals surface area contributed by atoms with Gasteiger partial charge in [-0.3, -0.25) is 4.79 Å². The number of hydrogen-bond acceptors (Lipinski definition) is 4. The first-order valence-corrected chi connectivity index (χ1v) is 8.67. The number of sulfone groups is 1. The molecule has 1 saturated heterocycles. The van der Waals surface area contributed by atoms with E-state index in [2.05, 4.69) is 10.6 Å². The second-order valence-corrected chi connectivity index (χ2v) is 7.36. The minimum Gasteiger partial charge on any atom is -0.382 e. The molecule has 0 spiro atoms. The second-order valence-electron chi connectivity index (χ2n) is 5.05. The van der Waals surface area contributed by atoms with Gasteiger partial charge in [-0.05, 0) is 31.0 Å². The van der Waals surface area contributed by atoms with Gasteiger partial charge in [0.05, 0.1) is 11.5 Å². The fourth-order valence-corrected chi connectivity index (χ4v) is 3.70. The molecule has 2 N–H and O–H groups in total. The van der Waals surface area contributed by atoms with Gasteiger partial charge in [0.2, 0.25) is 5.91 Å². The summed E-state index contributed by atoms with van der Waals surface area (Å²) in [6.45, 7) is 1.81. The van der Waals surface area contributed by atoms with Crippen molar-refractivity contribution >= 4 is 27.1 Å². The van der Waals surface area contributed by atoms with E-state index in [-0.39, 0.29) is 23.5 Å². The molecule has 0 bridgehead atoms. The van der Waals surface area contributed by atoms with Gasteiger partial charge in [-0.2, -0.15) is 0 Å². The Morgan fingerprint density at radius 1 is 1.25 bits per heavy atom. The lowest BCUT2D eigenvalue weighted by atomic mass is 10.1. The van der Waals surface area contributed by atoms with Crippen LogP contribution in [0.25, 0.3) is 0 Å². The number of rotatable bonds is 4. The van der Waals surface area contributed by atoms with E-state index in [0.717, 1.165) is 11.4 Å². The molecule has 0 radical (unpaired) electrons. The van der Waals surface area contributed by atoms with Crippen molar-refractivity contribution in [2.24, 2.45) is 0 Å². The molecule has 0 saturated carbocycles. The molecular weight excluding hydrogens is 276 g/mol. The van der Waals surface area contributed by atoms with Crippen molar-refractivity contribution < 1.29 is 13.2 Å². The Bertz CT molecular complexity index is 570. The quantitative estimate of drug-likeness (QED) is 0.891. The van der Waals surface area contributed by atoms with Crippen LogP contribution in [0.2, 0.25) is 0 Å². The molecule has 0 atom stereocenters. The molecule has 20 heavy (non-hydrogen) atoms. The van der Waals surface area contributed by atoms with E-state index in [4.69, 9.17) is 0 Å². The van der Waals surface area contributed by atoms with E-state index in [1.54, 1.807) is 6.92 Å². The predicted molar refractivity (Wildman–Crippen MR) is 80.7 cm³/mol. The van der Waals surface area contributed by atoms with Crippen LogP contribution in [-0.4, -0.2) is 31.9 Å². The average Bonchev–Trinajstić information content (AvgIpc) is 2.41. The van der Waals surface area contributed by atoms with Gasteiger partial charge in [-0.1, -0.05) is 13.0 Å². The fraction of sp³-hybridized carbons (Fsp3) is 0.500. The minimum absolute atomic E-state index is 0.0223. The van der Waals surface area contributed by atoms with Crippen molar-refractivity contribution in [3.63, 3.8) is 0 Å². The molecule has 1 aliphatic rings. The van der Waals surface area contributed by atoms with Gasteiger partial charge in [0.15, 0.2) is 0 Å². The molecule has 2 rings (SSSR count). The highest BCUT2D eigenvalue weighted by molar-refractivity contribution is 7.91. The van der Waals surface area contributed by atoms with Crippen molar-refractivity contribution in [1.29, 1.82) is 0 Å². The molecule has 1 fully saturated rings. The summed E-state index contributed by atoms with van der Waals surface area (Å²) in [4.78, 5) is 11.4. The van der Waals surface area contributed by atoms with E-state index in [1.165, 1.54) is 0 Å². The Labute approximate surface area is 119 Å². The highest BCUT2D eigenvalue weighted by Crippen LogP contribution is 2.20. The van der Waals surface area contributed by atoms with E-state index >= 15 is 0 Å². The lowest BCUT2D eigenvalue weighted by Gasteiger charge is -2.24. The number of amides is 1. The van der Waals surface area contributed by atoms with Gasteiger partial charge in [-0.25, -0.2) is 8.42 Å². The fourth-order valence-electron chi connectivity index (χ4n) is 2.21. The third-order valence-corrected chi connectivity index (χ3v) is 5.11. The maximum absolute atomic E-state index is 11.4. The summed E-state index contributed by atoms with van der Waals surface area (Å²) in [5.41, 5.74) is 1.66. The SMILES string of the molecule is CCC(=O)Nc1cccc(NC2CCS(=O)(=O)CC2)c1. The van der Waals surface area contributed by atoms with Crippen LogP contribution < -0.4 is 10.6 Å². The molecule has 6 heteroatoms. The Morgan fingerprint density at radius 3 is 2.55 bits per heavy atom. The van der Waals surface area contributed by atoms with Crippen LogP contribution in [0.5, 0.6) is 0 Å². The molecule has 0 aliphatic carbocycles. The van der Waals surface area contributed by atoms with Crippen molar-refractivity contribution in [1.82, 2.24) is 0 Å². The summed E-state index contributed by atoms with van der Waals surface area (Å²) in [6, 6.07) is 7.68. The molecule has 110 valence electrons. The Morgan fingerprint density at radius 2 is 1.90 bits per heavy atom. The van der Waals surface area contributed by atoms with E-state index < -0.39 is 9.84 Å². The lowest BCUT2D eigenvalue weighted by Crippen LogP contribution is -2.32. The Kier molecular flexibility index (Phi) is 4.65. The minimum atomic E-state index is -2.83. The monoisotopic (exact) mass is 296 g/mol. The van der Waals surface area contributed by atoms with Gasteiger partial charge in [0.1, 0.15) is 9.84 Å². The Balaban J connectivity index is 1.96. The third-order valence-electron chi connectivity index (χ3n) is 3.39. The Hall–Kier alpha value is -1.56. The van der Waals surface area contributed by atoms with Crippen LogP contribution >= 0.6 is 0 Å².